The van der Waals surface area contributed by atoms with Crippen molar-refractivity contribution in [2.45, 2.75) is 31.7 Å². The number of nitrogens with zero attached hydrogens (tertiary/aromatic N) is 1. The molecular formula is C16H21Cl2N3O2. The van der Waals surface area contributed by atoms with Crippen molar-refractivity contribution in [3.63, 3.8) is 0 Å². The molecule has 1 aliphatic heterocycles. The van der Waals surface area contributed by atoms with Crippen LogP contribution in [-0.2, 0) is 9.63 Å². The fourth-order valence-corrected chi connectivity index (χ4v) is 2.82. The first-order chi connectivity index (χ1) is 11.1. The number of halogens is 2. The number of amides is 1. The summed E-state index contributed by atoms with van der Waals surface area (Å²) in [6.45, 7) is 1.90. The van der Waals surface area contributed by atoms with E-state index in [1.807, 2.05) is 6.07 Å². The maximum absolute atomic E-state index is 12.1. The van der Waals surface area contributed by atoms with Crippen LogP contribution in [0.3, 0.4) is 0 Å². The van der Waals surface area contributed by atoms with Crippen molar-refractivity contribution in [2.24, 2.45) is 5.16 Å². The summed E-state index contributed by atoms with van der Waals surface area (Å²) in [6, 6.07) is 5.51. The molecule has 0 aliphatic carbocycles. The summed E-state index contributed by atoms with van der Waals surface area (Å²) in [5.74, 6) is 0.0285. The third kappa shape index (κ3) is 5.68. The van der Waals surface area contributed by atoms with Gasteiger partial charge in [0.15, 0.2) is 0 Å². The highest BCUT2D eigenvalue weighted by Gasteiger charge is 2.16. The van der Waals surface area contributed by atoms with Crippen LogP contribution in [0.15, 0.2) is 23.4 Å². The van der Waals surface area contributed by atoms with E-state index in [2.05, 4.69) is 15.8 Å². The Hall–Kier alpha value is -1.30. The second-order valence-electron chi connectivity index (χ2n) is 5.44. The van der Waals surface area contributed by atoms with Crippen LogP contribution in [0.25, 0.3) is 0 Å². The van der Waals surface area contributed by atoms with E-state index in [0.717, 1.165) is 31.5 Å². The van der Waals surface area contributed by atoms with Gasteiger partial charge in [-0.05, 0) is 38.1 Å². The Labute approximate surface area is 146 Å². The first-order valence-electron chi connectivity index (χ1n) is 7.65. The Bertz CT molecular complexity index is 572. The van der Waals surface area contributed by atoms with Crippen LogP contribution in [0.5, 0.6) is 0 Å². The fraction of sp³-hybridized carbons (Fsp3) is 0.500. The molecule has 0 unspecified atom stereocenters. The van der Waals surface area contributed by atoms with Crippen LogP contribution in [0.4, 0.5) is 0 Å². The molecular weight excluding hydrogens is 337 g/mol. The minimum atomic E-state index is 0.0285. The van der Waals surface area contributed by atoms with Crippen molar-refractivity contribution in [3.8, 4) is 0 Å². The van der Waals surface area contributed by atoms with Crippen molar-refractivity contribution in [3.05, 3.63) is 33.8 Å². The van der Waals surface area contributed by atoms with E-state index in [4.69, 9.17) is 28.0 Å². The van der Waals surface area contributed by atoms with Gasteiger partial charge in [-0.1, -0.05) is 34.4 Å². The summed E-state index contributed by atoms with van der Waals surface area (Å²) < 4.78 is 0. The van der Waals surface area contributed by atoms with E-state index in [9.17, 15) is 4.79 Å². The van der Waals surface area contributed by atoms with Gasteiger partial charge in [-0.3, -0.25) is 4.79 Å². The van der Waals surface area contributed by atoms with Gasteiger partial charge in [0, 0.05) is 24.4 Å². The molecule has 1 amide bonds. The molecule has 2 rings (SSSR count). The van der Waals surface area contributed by atoms with E-state index in [0.29, 0.717) is 28.6 Å². The van der Waals surface area contributed by atoms with E-state index in [-0.39, 0.29) is 11.9 Å². The van der Waals surface area contributed by atoms with Gasteiger partial charge in [0.05, 0.1) is 15.8 Å². The summed E-state index contributed by atoms with van der Waals surface area (Å²) in [7, 11) is 1.48. The predicted molar refractivity (Wildman–Crippen MR) is 93.3 cm³/mol. The molecule has 0 aromatic heterocycles. The first kappa shape index (κ1) is 18.0. The molecule has 0 saturated carbocycles. The van der Waals surface area contributed by atoms with Crippen molar-refractivity contribution >= 4 is 34.8 Å². The number of nitrogens with one attached hydrogen (secondary N) is 2. The lowest BCUT2D eigenvalue weighted by molar-refractivity contribution is -0.121. The van der Waals surface area contributed by atoms with Gasteiger partial charge in [0.1, 0.15) is 7.11 Å². The maximum atomic E-state index is 12.1. The Morgan fingerprint density at radius 3 is 2.70 bits per heavy atom. The van der Waals surface area contributed by atoms with E-state index in [1.165, 1.54) is 7.11 Å². The van der Waals surface area contributed by atoms with Crippen LogP contribution >= 0.6 is 23.2 Å². The van der Waals surface area contributed by atoms with Gasteiger partial charge in [-0.2, -0.15) is 0 Å². The number of piperidine rings is 1. The zero-order valence-electron chi connectivity index (χ0n) is 13.1. The summed E-state index contributed by atoms with van der Waals surface area (Å²) in [5, 5.41) is 11.3. The zero-order valence-corrected chi connectivity index (χ0v) is 14.6. The van der Waals surface area contributed by atoms with Crippen LogP contribution in [0, 0.1) is 0 Å². The highest BCUT2D eigenvalue weighted by Crippen LogP contribution is 2.23. The van der Waals surface area contributed by atoms with E-state index >= 15 is 0 Å². The number of carbonyl (C=O) groups is 1. The molecule has 0 atom stereocenters. The second-order valence-corrected chi connectivity index (χ2v) is 6.26. The molecule has 0 bridgehead atoms. The summed E-state index contributed by atoms with van der Waals surface area (Å²) >= 11 is 12.0. The molecule has 23 heavy (non-hydrogen) atoms. The molecule has 0 radical (unpaired) electrons. The van der Waals surface area contributed by atoms with Gasteiger partial charge in [-0.25, -0.2) is 0 Å². The van der Waals surface area contributed by atoms with Crippen LogP contribution in [-0.4, -0.2) is 37.9 Å². The number of carbonyl (C=O) groups excluding carboxylic acids is 1. The Morgan fingerprint density at radius 2 is 2.04 bits per heavy atom. The SMILES string of the molecule is CO/N=C(\CCC(=O)NC1CCNCC1)c1ccc(Cl)c(Cl)c1. The Balaban J connectivity index is 1.92. The maximum Gasteiger partial charge on any atom is 0.220 e. The third-order valence-corrected chi connectivity index (χ3v) is 4.49. The summed E-state index contributed by atoms with van der Waals surface area (Å²) in [5.41, 5.74) is 1.47. The quantitative estimate of drug-likeness (QED) is 0.607. The topological polar surface area (TPSA) is 62.7 Å². The lowest BCUT2D eigenvalue weighted by Crippen LogP contribution is -2.42. The predicted octanol–water partition coefficient (Wildman–Crippen LogP) is 2.99. The first-order valence-corrected chi connectivity index (χ1v) is 8.41. The molecule has 1 aliphatic rings. The van der Waals surface area contributed by atoms with E-state index < -0.39 is 0 Å². The molecule has 1 heterocycles. The highest BCUT2D eigenvalue weighted by molar-refractivity contribution is 6.42. The average molecular weight is 358 g/mol. The third-order valence-electron chi connectivity index (χ3n) is 3.75. The standard InChI is InChI=1S/C16H21Cl2N3O2/c1-23-21-15(11-2-3-13(17)14(18)10-11)4-5-16(22)20-12-6-8-19-9-7-12/h2-3,10,12,19H,4-9H2,1H3,(H,20,22)/b21-15+. The highest BCUT2D eigenvalue weighted by atomic mass is 35.5. The largest absolute Gasteiger partial charge is 0.399 e. The van der Waals surface area contributed by atoms with Crippen molar-refractivity contribution < 1.29 is 9.63 Å². The molecule has 1 aromatic carbocycles. The minimum Gasteiger partial charge on any atom is -0.399 e. The van der Waals surface area contributed by atoms with Crippen molar-refractivity contribution in [2.75, 3.05) is 20.2 Å². The lowest BCUT2D eigenvalue weighted by Gasteiger charge is -2.23. The van der Waals surface area contributed by atoms with Gasteiger partial charge in [0.2, 0.25) is 5.91 Å². The monoisotopic (exact) mass is 357 g/mol. The summed E-state index contributed by atoms with van der Waals surface area (Å²) in [4.78, 5) is 17.0. The van der Waals surface area contributed by atoms with Crippen molar-refractivity contribution in [1.29, 1.82) is 0 Å². The number of hydrogen-bond donors (Lipinski definition) is 2. The van der Waals surface area contributed by atoms with Gasteiger partial charge in [0.25, 0.3) is 0 Å². The lowest BCUT2D eigenvalue weighted by atomic mass is 10.0. The number of rotatable bonds is 6. The molecule has 0 spiro atoms. The van der Waals surface area contributed by atoms with Crippen LogP contribution in [0.2, 0.25) is 10.0 Å². The minimum absolute atomic E-state index is 0.0285. The molecule has 1 aromatic rings. The summed E-state index contributed by atoms with van der Waals surface area (Å²) in [6.07, 6.45) is 2.77. The molecule has 2 N–H and O–H groups in total. The smallest absolute Gasteiger partial charge is 0.220 e. The Morgan fingerprint density at radius 1 is 1.30 bits per heavy atom. The number of benzene rings is 1. The normalized spacial score (nSPS) is 16.2. The van der Waals surface area contributed by atoms with Gasteiger partial charge >= 0.3 is 0 Å². The van der Waals surface area contributed by atoms with Crippen molar-refractivity contribution in [1.82, 2.24) is 10.6 Å². The van der Waals surface area contributed by atoms with Gasteiger partial charge < -0.3 is 15.5 Å². The second kappa shape index (κ2) is 9.11. The van der Waals surface area contributed by atoms with E-state index in [1.54, 1.807) is 12.1 Å². The zero-order chi connectivity index (χ0) is 16.7. The Kier molecular flexibility index (Phi) is 7.15. The number of oxime groups is 1. The molecule has 5 nitrogen and oxygen atoms in total. The molecule has 1 saturated heterocycles. The number of hydrogen-bond acceptors (Lipinski definition) is 4. The average Bonchev–Trinajstić information content (AvgIpc) is 2.55. The molecule has 1 fully saturated rings. The molecule has 7 heteroatoms. The van der Waals surface area contributed by atoms with Gasteiger partial charge in [-0.15, -0.1) is 0 Å². The molecule has 126 valence electrons. The fourth-order valence-electron chi connectivity index (χ4n) is 2.53. The van der Waals surface area contributed by atoms with Crippen LogP contribution < -0.4 is 10.6 Å². The van der Waals surface area contributed by atoms with Crippen LogP contribution in [0.1, 0.15) is 31.2 Å².